The fraction of sp³-hybridized carbons (Fsp3) is 0.875. The molecule has 0 heterocycles. The van der Waals surface area contributed by atoms with Crippen molar-refractivity contribution in [2.45, 2.75) is 19.9 Å². The molecule has 6 nitrogen and oxygen atoms in total. The zero-order chi connectivity index (χ0) is 12.2. The summed E-state index contributed by atoms with van der Waals surface area (Å²) in [5, 5.41) is 0. The van der Waals surface area contributed by atoms with E-state index >= 15 is 0 Å². The van der Waals surface area contributed by atoms with Crippen LogP contribution in [0.1, 0.15) is 13.8 Å². The summed E-state index contributed by atoms with van der Waals surface area (Å²) >= 11 is 0. The van der Waals surface area contributed by atoms with Crippen molar-refractivity contribution in [2.75, 3.05) is 21.2 Å². The van der Waals surface area contributed by atoms with E-state index < -0.39 is 22.2 Å². The smallest absolute Gasteiger partial charge is 0.324 e. The van der Waals surface area contributed by atoms with E-state index in [1.807, 2.05) is 0 Å². The molecule has 1 N–H and O–H groups in total. The van der Waals surface area contributed by atoms with E-state index in [-0.39, 0.29) is 5.92 Å². The Balaban J connectivity index is 4.78. The van der Waals surface area contributed by atoms with Crippen LogP contribution in [0.5, 0.6) is 0 Å². The summed E-state index contributed by atoms with van der Waals surface area (Å²) in [4.78, 5) is 11.3. The van der Waals surface area contributed by atoms with Crippen molar-refractivity contribution in [3.63, 3.8) is 0 Å². The molecule has 0 aliphatic rings. The molecule has 0 bridgehead atoms. The number of hydrogen-bond acceptors (Lipinski definition) is 4. The Labute approximate surface area is 90.8 Å². The average molecular weight is 238 g/mol. The number of nitrogens with one attached hydrogen (secondary N) is 1. The van der Waals surface area contributed by atoms with E-state index in [9.17, 15) is 13.2 Å². The van der Waals surface area contributed by atoms with Gasteiger partial charge in [0.1, 0.15) is 6.04 Å². The van der Waals surface area contributed by atoms with Gasteiger partial charge in [-0.05, 0) is 5.92 Å². The van der Waals surface area contributed by atoms with Crippen LogP contribution < -0.4 is 4.72 Å². The van der Waals surface area contributed by atoms with Gasteiger partial charge in [0.25, 0.3) is 10.2 Å². The summed E-state index contributed by atoms with van der Waals surface area (Å²) in [5.74, 6) is -0.761. The highest BCUT2D eigenvalue weighted by Crippen LogP contribution is 2.06. The summed E-state index contributed by atoms with van der Waals surface area (Å²) in [5.41, 5.74) is 0. The van der Waals surface area contributed by atoms with Crippen LogP contribution >= 0.6 is 0 Å². The Morgan fingerprint density at radius 1 is 1.33 bits per heavy atom. The number of nitrogens with zero attached hydrogens (tertiary/aromatic N) is 1. The maximum Gasteiger partial charge on any atom is 0.324 e. The minimum absolute atomic E-state index is 0.174. The molecule has 7 heteroatoms. The summed E-state index contributed by atoms with van der Waals surface area (Å²) < 4.78 is 30.7. The topological polar surface area (TPSA) is 75.7 Å². The third kappa shape index (κ3) is 4.15. The lowest BCUT2D eigenvalue weighted by molar-refractivity contribution is -0.143. The fourth-order valence-electron chi connectivity index (χ4n) is 0.849. The normalized spacial score (nSPS) is 14.3. The van der Waals surface area contributed by atoms with Gasteiger partial charge in [-0.25, -0.2) is 0 Å². The molecule has 0 aliphatic carbocycles. The molecule has 15 heavy (non-hydrogen) atoms. The number of carbonyl (C=O) groups is 1. The predicted molar refractivity (Wildman–Crippen MR) is 56.4 cm³/mol. The third-order valence-electron chi connectivity index (χ3n) is 1.88. The van der Waals surface area contributed by atoms with Crippen LogP contribution in [0.15, 0.2) is 0 Å². The van der Waals surface area contributed by atoms with Gasteiger partial charge in [0, 0.05) is 14.1 Å². The summed E-state index contributed by atoms with van der Waals surface area (Å²) in [6.45, 7) is 3.47. The maximum atomic E-state index is 11.5. The van der Waals surface area contributed by atoms with Crippen molar-refractivity contribution >= 4 is 16.2 Å². The summed E-state index contributed by atoms with van der Waals surface area (Å²) in [7, 11) is 0.381. The zero-order valence-corrected chi connectivity index (χ0v) is 10.5. The molecular weight excluding hydrogens is 220 g/mol. The lowest BCUT2D eigenvalue weighted by Gasteiger charge is -2.21. The lowest BCUT2D eigenvalue weighted by Crippen LogP contribution is -2.48. The van der Waals surface area contributed by atoms with Crippen LogP contribution in [-0.4, -0.2) is 45.9 Å². The Morgan fingerprint density at radius 2 is 1.80 bits per heavy atom. The van der Waals surface area contributed by atoms with Gasteiger partial charge >= 0.3 is 5.97 Å². The molecule has 0 spiro atoms. The standard InChI is InChI=1S/C8H18N2O4S/c1-6(2)7(8(11)14-5)9-15(12,13)10(3)4/h6-7,9H,1-5H3. The molecule has 0 radical (unpaired) electrons. The van der Waals surface area contributed by atoms with Gasteiger partial charge in [-0.1, -0.05) is 13.8 Å². The van der Waals surface area contributed by atoms with Crippen LogP contribution in [0.4, 0.5) is 0 Å². The second-order valence-corrected chi connectivity index (χ2v) is 5.57. The highest BCUT2D eigenvalue weighted by molar-refractivity contribution is 7.87. The molecule has 0 aliphatic heterocycles. The van der Waals surface area contributed by atoms with Gasteiger partial charge < -0.3 is 4.74 Å². The van der Waals surface area contributed by atoms with Crippen molar-refractivity contribution in [2.24, 2.45) is 5.92 Å². The number of hydrogen-bond donors (Lipinski definition) is 1. The van der Waals surface area contributed by atoms with Crippen LogP contribution in [0, 0.1) is 5.92 Å². The Morgan fingerprint density at radius 3 is 2.07 bits per heavy atom. The van der Waals surface area contributed by atoms with Crippen molar-refractivity contribution in [3.8, 4) is 0 Å². The maximum absolute atomic E-state index is 11.5. The first kappa shape index (κ1) is 14.3. The minimum Gasteiger partial charge on any atom is -0.468 e. The molecule has 0 amide bonds. The molecule has 0 aromatic carbocycles. The lowest BCUT2D eigenvalue weighted by atomic mass is 10.1. The largest absolute Gasteiger partial charge is 0.468 e. The molecule has 0 aromatic rings. The minimum atomic E-state index is -3.62. The molecule has 0 saturated carbocycles. The summed E-state index contributed by atoms with van der Waals surface area (Å²) in [6, 6.07) is -0.859. The van der Waals surface area contributed by atoms with Gasteiger partial charge in [0.05, 0.1) is 7.11 Å². The zero-order valence-electron chi connectivity index (χ0n) is 9.64. The van der Waals surface area contributed by atoms with E-state index in [0.29, 0.717) is 0 Å². The van der Waals surface area contributed by atoms with Crippen LogP contribution in [0.2, 0.25) is 0 Å². The van der Waals surface area contributed by atoms with Crippen molar-refractivity contribution in [1.82, 2.24) is 9.03 Å². The number of ether oxygens (including phenoxy) is 1. The third-order valence-corrected chi connectivity index (χ3v) is 3.39. The molecule has 1 atom stereocenters. The van der Waals surface area contributed by atoms with Gasteiger partial charge in [0.2, 0.25) is 0 Å². The molecular formula is C8H18N2O4S. The van der Waals surface area contributed by atoms with E-state index in [2.05, 4.69) is 9.46 Å². The first-order chi connectivity index (χ1) is 6.72. The molecule has 1 unspecified atom stereocenters. The van der Waals surface area contributed by atoms with E-state index in [1.165, 1.54) is 21.2 Å². The first-order valence-corrected chi connectivity index (χ1v) is 5.94. The number of esters is 1. The van der Waals surface area contributed by atoms with E-state index in [4.69, 9.17) is 0 Å². The average Bonchev–Trinajstić information content (AvgIpc) is 2.12. The SMILES string of the molecule is COC(=O)C(NS(=O)(=O)N(C)C)C(C)C. The van der Waals surface area contributed by atoms with Crippen molar-refractivity contribution in [1.29, 1.82) is 0 Å². The fourth-order valence-corrected chi connectivity index (χ4v) is 1.75. The van der Waals surface area contributed by atoms with Gasteiger partial charge in [-0.3, -0.25) is 4.79 Å². The predicted octanol–water partition coefficient (Wildman–Crippen LogP) is -0.420. The van der Waals surface area contributed by atoms with Crippen molar-refractivity contribution < 1.29 is 17.9 Å². The Hall–Kier alpha value is -0.660. The van der Waals surface area contributed by atoms with Gasteiger partial charge in [0.15, 0.2) is 0 Å². The second kappa shape index (κ2) is 5.43. The highest BCUT2D eigenvalue weighted by Gasteiger charge is 2.28. The molecule has 0 saturated heterocycles. The summed E-state index contributed by atoms with van der Waals surface area (Å²) in [6.07, 6.45) is 0. The number of rotatable bonds is 5. The number of carbonyl (C=O) groups excluding carboxylic acids is 1. The van der Waals surface area contributed by atoms with Crippen LogP contribution in [-0.2, 0) is 19.7 Å². The Kier molecular flexibility index (Phi) is 5.19. The van der Waals surface area contributed by atoms with E-state index in [1.54, 1.807) is 13.8 Å². The second-order valence-electron chi connectivity index (χ2n) is 3.65. The monoisotopic (exact) mass is 238 g/mol. The Bertz CT molecular complexity index is 311. The van der Waals surface area contributed by atoms with Gasteiger partial charge in [-0.15, -0.1) is 0 Å². The number of methoxy groups -OCH3 is 1. The molecule has 0 rings (SSSR count). The van der Waals surface area contributed by atoms with Crippen molar-refractivity contribution in [3.05, 3.63) is 0 Å². The highest BCUT2D eigenvalue weighted by atomic mass is 32.2. The van der Waals surface area contributed by atoms with Gasteiger partial charge in [-0.2, -0.15) is 17.4 Å². The first-order valence-electron chi connectivity index (χ1n) is 4.50. The quantitative estimate of drug-likeness (QED) is 0.660. The van der Waals surface area contributed by atoms with Crippen LogP contribution in [0.3, 0.4) is 0 Å². The van der Waals surface area contributed by atoms with Crippen LogP contribution in [0.25, 0.3) is 0 Å². The molecule has 0 aromatic heterocycles. The van der Waals surface area contributed by atoms with E-state index in [0.717, 1.165) is 4.31 Å². The molecule has 0 fully saturated rings. The molecule has 90 valence electrons.